The minimum atomic E-state index is -0.716. The third kappa shape index (κ3) is 4.52. The summed E-state index contributed by atoms with van der Waals surface area (Å²) in [4.78, 5) is 35.9. The molecule has 0 saturated carbocycles. The van der Waals surface area contributed by atoms with Crippen LogP contribution in [0.5, 0.6) is 5.75 Å². The van der Waals surface area contributed by atoms with Gasteiger partial charge in [-0.05, 0) is 51.5 Å². The van der Waals surface area contributed by atoms with Gasteiger partial charge < -0.3 is 9.47 Å². The smallest absolute Gasteiger partial charge is 0.338 e. The van der Waals surface area contributed by atoms with Crippen LogP contribution in [0.4, 0.5) is 0 Å². The number of fused-ring (bicyclic) bond motifs is 1. The van der Waals surface area contributed by atoms with Crippen molar-refractivity contribution in [1.82, 2.24) is 9.55 Å². The molecular weight excluding hydrogens is 438 g/mol. The summed E-state index contributed by atoms with van der Waals surface area (Å²) in [6.45, 7) is 7.61. The topological polar surface area (TPSA) is 82.8 Å². The van der Waals surface area contributed by atoms with Gasteiger partial charge in [0.15, 0.2) is 4.80 Å². The van der Waals surface area contributed by atoms with E-state index in [2.05, 4.69) is 9.98 Å². The average Bonchev–Trinajstić information content (AvgIpc) is 3.08. The van der Waals surface area contributed by atoms with Gasteiger partial charge in [-0.1, -0.05) is 35.6 Å². The average molecular weight is 464 g/mol. The molecule has 3 aromatic rings. The van der Waals surface area contributed by atoms with Crippen LogP contribution in [-0.2, 0) is 9.53 Å². The molecule has 0 spiro atoms. The van der Waals surface area contributed by atoms with E-state index in [9.17, 15) is 9.59 Å². The van der Waals surface area contributed by atoms with Crippen LogP contribution in [0.3, 0.4) is 0 Å². The molecule has 0 bridgehead atoms. The summed E-state index contributed by atoms with van der Waals surface area (Å²) in [6, 6.07) is 10.4. The molecule has 8 heteroatoms. The lowest BCUT2D eigenvalue weighted by atomic mass is 9.95. The quantitative estimate of drug-likeness (QED) is 0.525. The fourth-order valence-electron chi connectivity index (χ4n) is 3.77. The monoisotopic (exact) mass is 463 g/mol. The maximum atomic E-state index is 13.6. The first-order chi connectivity index (χ1) is 15.9. The first kappa shape index (κ1) is 22.7. The number of nitrogens with zero attached hydrogens (tertiary/aromatic N) is 3. The molecule has 7 nitrogen and oxygen atoms in total. The molecule has 0 saturated heterocycles. The Balaban J connectivity index is 1.99. The van der Waals surface area contributed by atoms with Crippen LogP contribution < -0.4 is 19.6 Å². The number of rotatable bonds is 6. The Bertz CT molecular complexity index is 1390. The molecule has 0 unspecified atom stereocenters. The third-order valence-electron chi connectivity index (χ3n) is 5.08. The van der Waals surface area contributed by atoms with E-state index < -0.39 is 12.0 Å². The van der Waals surface area contributed by atoms with Gasteiger partial charge in [0.05, 0.1) is 28.5 Å². The number of allylic oxidation sites excluding steroid dienone is 1. The molecule has 0 amide bonds. The second-order valence-electron chi connectivity index (χ2n) is 7.79. The number of pyridine rings is 1. The number of esters is 1. The van der Waals surface area contributed by atoms with Crippen molar-refractivity contribution < 1.29 is 14.3 Å². The largest absolute Gasteiger partial charge is 0.491 e. The highest BCUT2D eigenvalue weighted by Crippen LogP contribution is 2.36. The Morgan fingerprint density at radius 2 is 2.03 bits per heavy atom. The molecule has 0 N–H and O–H groups in total. The van der Waals surface area contributed by atoms with Crippen molar-refractivity contribution >= 4 is 23.4 Å². The van der Waals surface area contributed by atoms with Crippen LogP contribution in [0.1, 0.15) is 44.9 Å². The van der Waals surface area contributed by atoms with E-state index in [4.69, 9.17) is 9.47 Å². The second-order valence-corrected chi connectivity index (χ2v) is 8.80. The Kier molecular flexibility index (Phi) is 6.55. The van der Waals surface area contributed by atoms with Gasteiger partial charge >= 0.3 is 5.97 Å². The molecule has 0 aliphatic carbocycles. The molecule has 2 aromatic heterocycles. The van der Waals surface area contributed by atoms with Gasteiger partial charge in [-0.2, -0.15) is 0 Å². The fourth-order valence-corrected chi connectivity index (χ4v) is 4.81. The van der Waals surface area contributed by atoms with E-state index in [0.29, 0.717) is 31.9 Å². The van der Waals surface area contributed by atoms with Crippen molar-refractivity contribution in [2.45, 2.75) is 39.8 Å². The first-order valence-electron chi connectivity index (χ1n) is 10.8. The summed E-state index contributed by atoms with van der Waals surface area (Å²) >= 11 is 1.28. The number of benzene rings is 1. The Morgan fingerprint density at radius 1 is 1.24 bits per heavy atom. The van der Waals surface area contributed by atoms with Gasteiger partial charge in [0, 0.05) is 18.0 Å². The van der Waals surface area contributed by atoms with Crippen molar-refractivity contribution in [2.24, 2.45) is 4.99 Å². The number of carbonyl (C=O) groups is 1. The van der Waals surface area contributed by atoms with E-state index in [1.807, 2.05) is 50.2 Å². The zero-order valence-corrected chi connectivity index (χ0v) is 19.8. The van der Waals surface area contributed by atoms with Gasteiger partial charge in [0.25, 0.3) is 5.56 Å². The van der Waals surface area contributed by atoms with E-state index >= 15 is 0 Å². The number of aromatic nitrogens is 2. The molecule has 1 aliphatic heterocycles. The van der Waals surface area contributed by atoms with Gasteiger partial charge in [-0.3, -0.25) is 14.3 Å². The van der Waals surface area contributed by atoms with Crippen molar-refractivity contribution in [3.63, 3.8) is 0 Å². The minimum absolute atomic E-state index is 0.0799. The molecule has 4 rings (SSSR count). The van der Waals surface area contributed by atoms with Crippen LogP contribution in [0, 0.1) is 0 Å². The zero-order chi connectivity index (χ0) is 23.5. The molecule has 0 fully saturated rings. The maximum Gasteiger partial charge on any atom is 0.338 e. The highest BCUT2D eigenvalue weighted by Gasteiger charge is 2.35. The molecule has 1 aromatic carbocycles. The molecule has 1 atom stereocenters. The highest BCUT2D eigenvalue weighted by atomic mass is 32.1. The predicted octanol–water partition coefficient (Wildman–Crippen LogP) is 2.98. The summed E-state index contributed by atoms with van der Waals surface area (Å²) in [5.41, 5.74) is 2.13. The molecule has 33 heavy (non-hydrogen) atoms. The lowest BCUT2D eigenvalue weighted by Gasteiger charge is -2.26. The summed E-state index contributed by atoms with van der Waals surface area (Å²) < 4.78 is 13.5. The number of carbonyl (C=O) groups excluding carboxylic acids is 1. The van der Waals surface area contributed by atoms with Gasteiger partial charge in [0.1, 0.15) is 11.8 Å². The Morgan fingerprint density at radius 3 is 2.73 bits per heavy atom. The summed E-state index contributed by atoms with van der Waals surface area (Å²) in [5.74, 6) is 0.112. The normalized spacial score (nSPS) is 15.9. The zero-order valence-electron chi connectivity index (χ0n) is 18.9. The number of para-hydroxylation sites is 1. The molecular formula is C25H25N3O4S. The number of hydrogen-bond acceptors (Lipinski definition) is 7. The summed E-state index contributed by atoms with van der Waals surface area (Å²) in [6.07, 6.45) is 5.08. The minimum Gasteiger partial charge on any atom is -0.491 e. The van der Waals surface area contributed by atoms with E-state index in [0.717, 1.165) is 5.56 Å². The van der Waals surface area contributed by atoms with Crippen LogP contribution in [0.2, 0.25) is 0 Å². The van der Waals surface area contributed by atoms with E-state index in [-0.39, 0.29) is 18.3 Å². The molecule has 0 radical (unpaired) electrons. The predicted molar refractivity (Wildman–Crippen MR) is 127 cm³/mol. The standard InChI is InChI=1S/C25H25N3O4S/c1-5-31-24(30)21-16(4)27-25-28(22(21)18-10-6-7-11-19(18)32-15(2)3)23(29)20(33-25)13-17-9-8-12-26-14-17/h6-15,22H,5H2,1-4H3/b20-13+/t22-/m1/s1. The lowest BCUT2D eigenvalue weighted by Crippen LogP contribution is -2.40. The molecule has 1 aliphatic rings. The Hall–Kier alpha value is -3.52. The van der Waals surface area contributed by atoms with Crippen LogP contribution in [-0.4, -0.2) is 28.2 Å². The van der Waals surface area contributed by atoms with Gasteiger partial charge in [0.2, 0.25) is 0 Å². The van der Waals surface area contributed by atoms with E-state index in [1.165, 1.54) is 11.3 Å². The van der Waals surface area contributed by atoms with Crippen LogP contribution in [0.25, 0.3) is 6.08 Å². The van der Waals surface area contributed by atoms with Crippen molar-refractivity contribution in [3.8, 4) is 5.75 Å². The van der Waals surface area contributed by atoms with E-state index in [1.54, 1.807) is 36.9 Å². The molecule has 170 valence electrons. The van der Waals surface area contributed by atoms with Gasteiger partial charge in [-0.15, -0.1) is 0 Å². The maximum absolute atomic E-state index is 13.6. The molecule has 3 heterocycles. The number of thiazole rings is 1. The summed E-state index contributed by atoms with van der Waals surface area (Å²) in [7, 11) is 0. The number of ether oxygens (including phenoxy) is 2. The van der Waals surface area contributed by atoms with Crippen LogP contribution >= 0.6 is 11.3 Å². The van der Waals surface area contributed by atoms with Crippen molar-refractivity contribution in [1.29, 1.82) is 0 Å². The fraction of sp³-hybridized carbons (Fsp3) is 0.280. The van der Waals surface area contributed by atoms with Crippen LogP contribution in [0.15, 0.2) is 69.8 Å². The number of hydrogen-bond donors (Lipinski definition) is 0. The third-order valence-corrected chi connectivity index (χ3v) is 6.06. The second kappa shape index (κ2) is 9.54. The van der Waals surface area contributed by atoms with Crippen molar-refractivity contribution in [3.05, 3.63) is 90.9 Å². The first-order valence-corrected chi connectivity index (χ1v) is 11.6. The van der Waals surface area contributed by atoms with Crippen molar-refractivity contribution in [2.75, 3.05) is 6.61 Å². The summed E-state index contributed by atoms with van der Waals surface area (Å²) in [5, 5.41) is 0. The highest BCUT2D eigenvalue weighted by molar-refractivity contribution is 7.07. The SMILES string of the molecule is CCOC(=O)C1=C(C)N=c2s/c(=C/c3cccnc3)c(=O)n2[C@@H]1c1ccccc1OC(C)C. The lowest BCUT2D eigenvalue weighted by molar-refractivity contribution is -0.139. The Labute approximate surface area is 195 Å². The van der Waals surface area contributed by atoms with Gasteiger partial charge in [-0.25, -0.2) is 9.79 Å².